The molecule has 0 aliphatic rings. The number of nitrogens with zero attached hydrogens (tertiary/aromatic N) is 1. The smallest absolute Gasteiger partial charge is 0.274 e. The quantitative estimate of drug-likeness (QED) is 0.671. The van der Waals surface area contributed by atoms with Gasteiger partial charge in [0, 0.05) is 16.7 Å². The van der Waals surface area contributed by atoms with Crippen LogP contribution in [0.4, 0.5) is 5.69 Å². The van der Waals surface area contributed by atoms with Gasteiger partial charge in [-0.25, -0.2) is 0 Å². The van der Waals surface area contributed by atoms with Crippen molar-refractivity contribution < 1.29 is 10.0 Å². The van der Waals surface area contributed by atoms with E-state index in [1.807, 2.05) is 30.3 Å². The zero-order valence-corrected chi connectivity index (χ0v) is 11.5. The molecule has 4 nitrogen and oxygen atoms in total. The number of aliphatic hydroxyl groups is 1. The van der Waals surface area contributed by atoms with Gasteiger partial charge in [0.2, 0.25) is 0 Å². The molecule has 1 unspecified atom stereocenters. The van der Waals surface area contributed by atoms with Crippen molar-refractivity contribution in [3.05, 3.63) is 74.8 Å². The number of halogens is 1. The van der Waals surface area contributed by atoms with E-state index in [0.717, 1.165) is 5.56 Å². The summed E-state index contributed by atoms with van der Waals surface area (Å²) in [7, 11) is 0. The molecule has 2 aromatic carbocycles. The highest BCUT2D eigenvalue weighted by Gasteiger charge is 2.16. The molecule has 2 rings (SSSR count). The van der Waals surface area contributed by atoms with Crippen molar-refractivity contribution in [2.75, 3.05) is 0 Å². The van der Waals surface area contributed by atoms with Crippen molar-refractivity contribution in [3.63, 3.8) is 0 Å². The molecule has 0 saturated carbocycles. The van der Waals surface area contributed by atoms with E-state index in [2.05, 4.69) is 0 Å². The van der Waals surface area contributed by atoms with Crippen molar-refractivity contribution in [1.29, 1.82) is 0 Å². The minimum Gasteiger partial charge on any atom is -0.388 e. The summed E-state index contributed by atoms with van der Waals surface area (Å²) < 4.78 is 0. The first kappa shape index (κ1) is 14.5. The predicted molar refractivity (Wildman–Crippen MR) is 77.8 cm³/mol. The second kappa shape index (κ2) is 6.50. The van der Waals surface area contributed by atoms with Crippen molar-refractivity contribution in [2.24, 2.45) is 0 Å². The summed E-state index contributed by atoms with van der Waals surface area (Å²) in [5.41, 5.74) is 1.39. The molecule has 0 bridgehead atoms. The topological polar surface area (TPSA) is 63.4 Å². The second-order valence-electron chi connectivity index (χ2n) is 4.50. The number of aryl methyl sites for hydroxylation is 1. The maximum absolute atomic E-state index is 11.0. The fourth-order valence-corrected chi connectivity index (χ4v) is 2.22. The fraction of sp³-hybridized carbons (Fsp3) is 0.200. The average Bonchev–Trinajstić information content (AvgIpc) is 2.46. The number of hydrogen-bond donors (Lipinski definition) is 1. The summed E-state index contributed by atoms with van der Waals surface area (Å²) in [6, 6.07) is 13.8. The fourth-order valence-electron chi connectivity index (χ4n) is 2.05. The molecule has 20 heavy (non-hydrogen) atoms. The average molecular weight is 292 g/mol. The van der Waals surface area contributed by atoms with E-state index in [-0.39, 0.29) is 5.69 Å². The highest BCUT2D eigenvalue weighted by Crippen LogP contribution is 2.26. The largest absolute Gasteiger partial charge is 0.388 e. The van der Waals surface area contributed by atoms with Gasteiger partial charge in [-0.1, -0.05) is 48.0 Å². The number of rotatable bonds is 5. The minimum absolute atomic E-state index is 0.00207. The van der Waals surface area contributed by atoms with Gasteiger partial charge in [0.1, 0.15) is 0 Å². The molecule has 0 radical (unpaired) electrons. The normalized spacial score (nSPS) is 12.1. The van der Waals surface area contributed by atoms with Crippen LogP contribution >= 0.6 is 11.6 Å². The van der Waals surface area contributed by atoms with Crippen LogP contribution in [0.25, 0.3) is 0 Å². The highest BCUT2D eigenvalue weighted by molar-refractivity contribution is 6.30. The summed E-state index contributed by atoms with van der Waals surface area (Å²) in [6.07, 6.45) is 0.210. The summed E-state index contributed by atoms with van der Waals surface area (Å²) >= 11 is 5.77. The van der Waals surface area contributed by atoms with E-state index >= 15 is 0 Å². The zero-order valence-electron chi connectivity index (χ0n) is 10.7. The van der Waals surface area contributed by atoms with E-state index in [4.69, 9.17) is 11.6 Å². The van der Waals surface area contributed by atoms with Gasteiger partial charge in [0.15, 0.2) is 0 Å². The van der Waals surface area contributed by atoms with Crippen LogP contribution in [0.5, 0.6) is 0 Å². The number of nitro groups is 1. The van der Waals surface area contributed by atoms with Crippen molar-refractivity contribution in [2.45, 2.75) is 18.9 Å². The van der Waals surface area contributed by atoms with Crippen molar-refractivity contribution in [1.82, 2.24) is 0 Å². The number of benzene rings is 2. The molecule has 0 aromatic heterocycles. The first-order valence-corrected chi connectivity index (χ1v) is 6.61. The molecular weight excluding hydrogens is 278 g/mol. The molecule has 0 aliphatic carbocycles. The van der Waals surface area contributed by atoms with Gasteiger partial charge in [0.05, 0.1) is 11.0 Å². The lowest BCUT2D eigenvalue weighted by Crippen LogP contribution is -2.01. The Kier molecular flexibility index (Phi) is 4.71. The van der Waals surface area contributed by atoms with E-state index in [1.165, 1.54) is 6.07 Å². The van der Waals surface area contributed by atoms with Crippen molar-refractivity contribution in [3.8, 4) is 0 Å². The third-order valence-corrected chi connectivity index (χ3v) is 3.35. The molecule has 1 atom stereocenters. The Bertz CT molecular complexity index is 601. The summed E-state index contributed by atoms with van der Waals surface area (Å²) in [4.78, 5) is 10.5. The van der Waals surface area contributed by atoms with Crippen LogP contribution in [0.1, 0.15) is 23.7 Å². The van der Waals surface area contributed by atoms with Gasteiger partial charge in [-0.2, -0.15) is 0 Å². The Hall–Kier alpha value is -1.91. The van der Waals surface area contributed by atoms with Crippen LogP contribution < -0.4 is 0 Å². The number of nitro benzene ring substituents is 1. The third kappa shape index (κ3) is 3.56. The molecule has 0 saturated heterocycles. The van der Waals surface area contributed by atoms with E-state index < -0.39 is 11.0 Å². The van der Waals surface area contributed by atoms with Crippen LogP contribution in [-0.4, -0.2) is 10.0 Å². The first-order chi connectivity index (χ1) is 9.58. The second-order valence-corrected chi connectivity index (χ2v) is 4.93. The Balaban J connectivity index is 2.09. The minimum atomic E-state index is -0.633. The van der Waals surface area contributed by atoms with Crippen LogP contribution in [0.2, 0.25) is 5.02 Å². The molecule has 0 amide bonds. The Morgan fingerprint density at radius 3 is 2.55 bits per heavy atom. The summed E-state index contributed by atoms with van der Waals surface area (Å²) in [5.74, 6) is 0. The Morgan fingerprint density at radius 2 is 1.90 bits per heavy atom. The van der Waals surface area contributed by atoms with Crippen LogP contribution in [-0.2, 0) is 6.42 Å². The number of hydrogen-bond acceptors (Lipinski definition) is 3. The molecule has 0 aliphatic heterocycles. The summed E-state index contributed by atoms with van der Waals surface area (Å²) in [6.45, 7) is 0. The SMILES string of the molecule is O=[N+]([O-])c1cc(Cl)ccc1CCC(O)c1ccccc1. The van der Waals surface area contributed by atoms with E-state index in [9.17, 15) is 15.2 Å². The first-order valence-electron chi connectivity index (χ1n) is 6.24. The Labute approximate surface area is 121 Å². The molecule has 5 heteroatoms. The van der Waals surface area contributed by atoms with Crippen LogP contribution in [0.15, 0.2) is 48.5 Å². The standard InChI is InChI=1S/C15H14ClNO3/c16-13-8-6-11(14(10-13)17(19)20)7-9-15(18)12-4-2-1-3-5-12/h1-6,8,10,15,18H,7,9H2. The van der Waals surface area contributed by atoms with Gasteiger partial charge >= 0.3 is 0 Å². The number of aliphatic hydroxyl groups excluding tert-OH is 1. The van der Waals surface area contributed by atoms with Gasteiger partial charge in [0.25, 0.3) is 5.69 Å². The molecular formula is C15H14ClNO3. The van der Waals surface area contributed by atoms with Crippen LogP contribution in [0, 0.1) is 10.1 Å². The monoisotopic (exact) mass is 291 g/mol. The van der Waals surface area contributed by atoms with Crippen molar-refractivity contribution >= 4 is 17.3 Å². The predicted octanol–water partition coefficient (Wildman–Crippen LogP) is 3.91. The summed E-state index contributed by atoms with van der Waals surface area (Å²) in [5, 5.41) is 21.4. The molecule has 1 N–H and O–H groups in total. The maximum Gasteiger partial charge on any atom is 0.274 e. The molecule has 0 heterocycles. The highest BCUT2D eigenvalue weighted by atomic mass is 35.5. The lowest BCUT2D eigenvalue weighted by atomic mass is 10.0. The lowest BCUT2D eigenvalue weighted by molar-refractivity contribution is -0.385. The van der Waals surface area contributed by atoms with Crippen LogP contribution in [0.3, 0.4) is 0 Å². The molecule has 0 fully saturated rings. The third-order valence-electron chi connectivity index (χ3n) is 3.12. The molecule has 0 spiro atoms. The van der Waals surface area contributed by atoms with E-state index in [1.54, 1.807) is 12.1 Å². The maximum atomic E-state index is 11.0. The van der Waals surface area contributed by atoms with Gasteiger partial charge in [-0.05, 0) is 24.5 Å². The van der Waals surface area contributed by atoms with Gasteiger partial charge in [-0.15, -0.1) is 0 Å². The molecule has 2 aromatic rings. The molecule has 104 valence electrons. The van der Waals surface area contributed by atoms with E-state index in [0.29, 0.717) is 23.4 Å². The zero-order chi connectivity index (χ0) is 14.5. The van der Waals surface area contributed by atoms with Gasteiger partial charge < -0.3 is 5.11 Å². The lowest BCUT2D eigenvalue weighted by Gasteiger charge is -2.11. The Morgan fingerprint density at radius 1 is 1.20 bits per heavy atom. The van der Waals surface area contributed by atoms with Gasteiger partial charge in [-0.3, -0.25) is 10.1 Å².